The lowest BCUT2D eigenvalue weighted by atomic mass is 10.1. The molecule has 0 aliphatic carbocycles. The summed E-state index contributed by atoms with van der Waals surface area (Å²) < 4.78 is 0. The third kappa shape index (κ3) is 3.81. The van der Waals surface area contributed by atoms with E-state index in [4.69, 9.17) is 0 Å². The van der Waals surface area contributed by atoms with Crippen LogP contribution in [-0.4, -0.2) is 11.9 Å². The van der Waals surface area contributed by atoms with Gasteiger partial charge >= 0.3 is 0 Å². The summed E-state index contributed by atoms with van der Waals surface area (Å²) in [7, 11) is 0. The van der Waals surface area contributed by atoms with Crippen LogP contribution in [0.25, 0.3) is 0 Å². The van der Waals surface area contributed by atoms with Crippen LogP contribution in [0.3, 0.4) is 0 Å². The van der Waals surface area contributed by atoms with Crippen LogP contribution in [0.15, 0.2) is 11.1 Å². The predicted molar refractivity (Wildman–Crippen MR) is 47.3 cm³/mol. The van der Waals surface area contributed by atoms with Crippen LogP contribution < -0.4 is 5.32 Å². The molecule has 0 bridgehead atoms. The Balaban J connectivity index is 4.15. The quantitative estimate of drug-likeness (QED) is 0.606. The van der Waals surface area contributed by atoms with Crippen molar-refractivity contribution in [2.45, 2.75) is 40.7 Å². The lowest BCUT2D eigenvalue weighted by molar-refractivity contribution is -0.119. The van der Waals surface area contributed by atoms with E-state index in [1.54, 1.807) is 0 Å². The average molecular weight is 155 g/mol. The summed E-state index contributed by atoms with van der Waals surface area (Å²) in [5, 5.41) is 2.83. The number of nitrogens with one attached hydrogen (secondary N) is 1. The molecule has 0 aromatic heterocycles. The second-order valence-corrected chi connectivity index (χ2v) is 3.11. The van der Waals surface area contributed by atoms with Crippen molar-refractivity contribution in [2.24, 2.45) is 0 Å². The third-order valence-electron chi connectivity index (χ3n) is 1.86. The van der Waals surface area contributed by atoms with Crippen molar-refractivity contribution in [3.05, 3.63) is 11.1 Å². The summed E-state index contributed by atoms with van der Waals surface area (Å²) in [5.74, 6) is 0.0260. The SMILES string of the molecule is CC(=O)NC(C)C(C)=C(C)C. The smallest absolute Gasteiger partial charge is 0.217 e. The van der Waals surface area contributed by atoms with Crippen molar-refractivity contribution in [1.82, 2.24) is 5.32 Å². The molecule has 0 saturated carbocycles. The molecule has 0 heterocycles. The monoisotopic (exact) mass is 155 g/mol. The minimum Gasteiger partial charge on any atom is -0.350 e. The Labute approximate surface area is 68.7 Å². The van der Waals surface area contributed by atoms with E-state index >= 15 is 0 Å². The van der Waals surface area contributed by atoms with Gasteiger partial charge in [0.25, 0.3) is 0 Å². The lowest BCUT2D eigenvalue weighted by Gasteiger charge is -2.14. The zero-order chi connectivity index (χ0) is 9.02. The van der Waals surface area contributed by atoms with Gasteiger partial charge in [-0.2, -0.15) is 0 Å². The molecule has 0 aromatic rings. The van der Waals surface area contributed by atoms with E-state index in [0.29, 0.717) is 0 Å². The minimum absolute atomic E-state index is 0.0260. The Morgan fingerprint density at radius 2 is 1.64 bits per heavy atom. The summed E-state index contributed by atoms with van der Waals surface area (Å²) in [6, 6.07) is 0.164. The van der Waals surface area contributed by atoms with Gasteiger partial charge in [0.2, 0.25) is 5.91 Å². The Kier molecular flexibility index (Phi) is 3.86. The summed E-state index contributed by atoms with van der Waals surface area (Å²) in [5.41, 5.74) is 2.51. The molecule has 1 unspecified atom stereocenters. The number of rotatable bonds is 2. The first-order valence-electron chi connectivity index (χ1n) is 3.86. The highest BCUT2D eigenvalue weighted by Gasteiger charge is 2.05. The number of allylic oxidation sites excluding steroid dienone is 1. The van der Waals surface area contributed by atoms with Gasteiger partial charge in [0, 0.05) is 13.0 Å². The van der Waals surface area contributed by atoms with Gasteiger partial charge in [0.1, 0.15) is 0 Å². The lowest BCUT2D eigenvalue weighted by Crippen LogP contribution is -2.31. The van der Waals surface area contributed by atoms with Gasteiger partial charge in [-0.15, -0.1) is 0 Å². The maximum atomic E-state index is 10.6. The Bertz CT molecular complexity index is 178. The Hall–Kier alpha value is -0.790. The number of carbonyl (C=O) groups excluding carboxylic acids is 1. The zero-order valence-corrected chi connectivity index (χ0v) is 7.99. The minimum atomic E-state index is 0.0260. The molecule has 2 nitrogen and oxygen atoms in total. The fraction of sp³-hybridized carbons (Fsp3) is 0.667. The molecule has 11 heavy (non-hydrogen) atoms. The fourth-order valence-electron chi connectivity index (χ4n) is 0.846. The van der Waals surface area contributed by atoms with E-state index in [-0.39, 0.29) is 11.9 Å². The van der Waals surface area contributed by atoms with Gasteiger partial charge in [-0.05, 0) is 27.7 Å². The van der Waals surface area contributed by atoms with Crippen LogP contribution in [0.2, 0.25) is 0 Å². The van der Waals surface area contributed by atoms with Gasteiger partial charge in [0.05, 0.1) is 0 Å². The first-order chi connectivity index (χ1) is 4.95. The molecule has 0 rings (SSSR count). The highest BCUT2D eigenvalue weighted by atomic mass is 16.1. The van der Waals surface area contributed by atoms with Crippen molar-refractivity contribution < 1.29 is 4.79 Å². The van der Waals surface area contributed by atoms with E-state index in [1.165, 1.54) is 18.1 Å². The van der Waals surface area contributed by atoms with Gasteiger partial charge in [-0.3, -0.25) is 4.79 Å². The van der Waals surface area contributed by atoms with Crippen LogP contribution in [0, 0.1) is 0 Å². The molecular formula is C9H17NO. The van der Waals surface area contributed by atoms with Crippen LogP contribution in [-0.2, 0) is 4.79 Å². The van der Waals surface area contributed by atoms with Gasteiger partial charge in [-0.25, -0.2) is 0 Å². The summed E-state index contributed by atoms with van der Waals surface area (Å²) in [4.78, 5) is 10.6. The van der Waals surface area contributed by atoms with Crippen molar-refractivity contribution in [2.75, 3.05) is 0 Å². The molecule has 0 aromatic carbocycles. The molecule has 0 fully saturated rings. The van der Waals surface area contributed by atoms with Crippen molar-refractivity contribution in [3.8, 4) is 0 Å². The molecule has 0 spiro atoms. The number of amides is 1. The number of hydrogen-bond donors (Lipinski definition) is 1. The number of carbonyl (C=O) groups is 1. The second kappa shape index (κ2) is 4.16. The molecule has 0 aliphatic rings. The summed E-state index contributed by atoms with van der Waals surface area (Å²) in [6.45, 7) is 9.66. The topological polar surface area (TPSA) is 29.1 Å². The van der Waals surface area contributed by atoms with E-state index in [9.17, 15) is 4.79 Å². The highest BCUT2D eigenvalue weighted by molar-refractivity contribution is 5.73. The van der Waals surface area contributed by atoms with Crippen LogP contribution in [0.1, 0.15) is 34.6 Å². The van der Waals surface area contributed by atoms with E-state index in [2.05, 4.69) is 5.32 Å². The average Bonchev–Trinajstić information content (AvgIpc) is 1.84. The molecule has 1 amide bonds. The van der Waals surface area contributed by atoms with Crippen molar-refractivity contribution in [3.63, 3.8) is 0 Å². The van der Waals surface area contributed by atoms with E-state index in [1.807, 2.05) is 27.7 Å². The molecule has 64 valence electrons. The predicted octanol–water partition coefficient (Wildman–Crippen LogP) is 1.87. The maximum Gasteiger partial charge on any atom is 0.217 e. The molecule has 2 heteroatoms. The zero-order valence-electron chi connectivity index (χ0n) is 7.99. The van der Waals surface area contributed by atoms with Crippen LogP contribution in [0.4, 0.5) is 0 Å². The molecule has 0 aliphatic heterocycles. The molecule has 1 N–H and O–H groups in total. The van der Waals surface area contributed by atoms with Crippen molar-refractivity contribution >= 4 is 5.91 Å². The summed E-state index contributed by atoms with van der Waals surface area (Å²) >= 11 is 0. The second-order valence-electron chi connectivity index (χ2n) is 3.11. The Morgan fingerprint density at radius 3 is 1.91 bits per heavy atom. The van der Waals surface area contributed by atoms with E-state index < -0.39 is 0 Å². The number of hydrogen-bond acceptors (Lipinski definition) is 1. The highest BCUT2D eigenvalue weighted by Crippen LogP contribution is 2.06. The fourth-order valence-corrected chi connectivity index (χ4v) is 0.846. The molecular weight excluding hydrogens is 138 g/mol. The van der Waals surface area contributed by atoms with Crippen LogP contribution in [0.5, 0.6) is 0 Å². The standard InChI is InChI=1S/C9H17NO/c1-6(2)7(3)8(4)10-9(5)11/h8H,1-5H3,(H,10,11). The first-order valence-corrected chi connectivity index (χ1v) is 3.86. The maximum absolute atomic E-state index is 10.6. The largest absolute Gasteiger partial charge is 0.350 e. The third-order valence-corrected chi connectivity index (χ3v) is 1.86. The van der Waals surface area contributed by atoms with Crippen molar-refractivity contribution in [1.29, 1.82) is 0 Å². The van der Waals surface area contributed by atoms with E-state index in [0.717, 1.165) is 0 Å². The molecule has 0 radical (unpaired) electrons. The summed E-state index contributed by atoms with van der Waals surface area (Å²) in [6.07, 6.45) is 0. The van der Waals surface area contributed by atoms with Gasteiger partial charge < -0.3 is 5.32 Å². The molecule has 1 atom stereocenters. The molecule has 0 saturated heterocycles. The Morgan fingerprint density at radius 1 is 1.18 bits per heavy atom. The van der Waals surface area contributed by atoms with Gasteiger partial charge in [0.15, 0.2) is 0 Å². The van der Waals surface area contributed by atoms with Gasteiger partial charge in [-0.1, -0.05) is 11.1 Å². The first kappa shape index (κ1) is 10.2. The normalized spacial score (nSPS) is 12.1. The van der Waals surface area contributed by atoms with Crippen LogP contribution >= 0.6 is 0 Å².